The first-order chi connectivity index (χ1) is 9.74. The van der Waals surface area contributed by atoms with E-state index in [-0.39, 0.29) is 17.3 Å². The molecule has 8 heteroatoms. The molecule has 0 aliphatic heterocycles. The second kappa shape index (κ2) is 5.80. The topological polar surface area (TPSA) is 39.4 Å². The van der Waals surface area contributed by atoms with Crippen LogP contribution in [0.3, 0.4) is 0 Å². The van der Waals surface area contributed by atoms with Gasteiger partial charge in [0.25, 0.3) is 0 Å². The molecule has 0 fully saturated rings. The van der Waals surface area contributed by atoms with Crippen molar-refractivity contribution in [3.63, 3.8) is 0 Å². The number of ether oxygens (including phenoxy) is 1. The number of benzene rings is 1. The molecule has 1 aromatic heterocycles. The third-order valence-electron chi connectivity index (χ3n) is 2.26. The van der Waals surface area contributed by atoms with Gasteiger partial charge in [-0.1, -0.05) is 0 Å². The van der Waals surface area contributed by atoms with Crippen molar-refractivity contribution in [2.45, 2.75) is 17.3 Å². The van der Waals surface area contributed by atoms with Crippen LogP contribution in [0.2, 0.25) is 0 Å². The van der Waals surface area contributed by atoms with Crippen LogP contribution < -0.4 is 10.4 Å². The number of hydrogen-bond donors (Lipinski definition) is 0. The molecular weight excluding hydrogens is 312 g/mol. The summed E-state index contributed by atoms with van der Waals surface area (Å²) in [6.45, 7) is 1.40. The van der Waals surface area contributed by atoms with Gasteiger partial charge >= 0.3 is 11.1 Å². The second-order valence-electron chi connectivity index (χ2n) is 3.94. The number of aryl methyl sites for hydroxylation is 1. The highest BCUT2D eigenvalue weighted by Crippen LogP contribution is 2.40. The van der Waals surface area contributed by atoms with Crippen LogP contribution in [0.15, 0.2) is 44.4 Å². The third kappa shape index (κ3) is 4.25. The number of halogens is 4. The Hall–Kier alpha value is -1.96. The van der Waals surface area contributed by atoms with Gasteiger partial charge in [-0.3, -0.25) is 0 Å². The van der Waals surface area contributed by atoms with Crippen molar-refractivity contribution >= 4 is 11.8 Å². The Bertz CT molecular complexity index is 692. The SMILES string of the molecule is Cc1cc(Oc2ccc(F)cc2)c(SC(F)(F)F)c(=O)o1. The minimum atomic E-state index is -4.66. The highest BCUT2D eigenvalue weighted by Gasteiger charge is 2.33. The molecule has 0 unspecified atom stereocenters. The molecule has 1 aromatic carbocycles. The minimum absolute atomic E-state index is 0.101. The van der Waals surface area contributed by atoms with Crippen LogP contribution in [0.5, 0.6) is 11.5 Å². The molecule has 0 N–H and O–H groups in total. The van der Waals surface area contributed by atoms with E-state index in [4.69, 9.17) is 4.74 Å². The predicted octanol–water partition coefficient (Wildman–Crippen LogP) is 4.49. The van der Waals surface area contributed by atoms with Crippen LogP contribution >= 0.6 is 11.8 Å². The quantitative estimate of drug-likeness (QED) is 0.617. The lowest BCUT2D eigenvalue weighted by atomic mass is 10.3. The zero-order valence-corrected chi connectivity index (χ0v) is 11.3. The van der Waals surface area contributed by atoms with Gasteiger partial charge in [0.05, 0.1) is 0 Å². The van der Waals surface area contributed by atoms with E-state index in [1.54, 1.807) is 0 Å². The van der Waals surface area contributed by atoms with Crippen molar-refractivity contribution in [2.75, 3.05) is 0 Å². The van der Waals surface area contributed by atoms with Crippen LogP contribution in [-0.4, -0.2) is 5.51 Å². The first kappa shape index (κ1) is 15.4. The first-order valence-corrected chi connectivity index (χ1v) is 6.40. The summed E-state index contributed by atoms with van der Waals surface area (Å²) in [7, 11) is 0. The second-order valence-corrected chi connectivity index (χ2v) is 5.02. The Labute approximate surface area is 120 Å². The highest BCUT2D eigenvalue weighted by molar-refractivity contribution is 8.00. The lowest BCUT2D eigenvalue weighted by Gasteiger charge is -2.11. The van der Waals surface area contributed by atoms with Crippen LogP contribution in [0.4, 0.5) is 17.6 Å². The van der Waals surface area contributed by atoms with Gasteiger partial charge in [-0.2, -0.15) is 13.2 Å². The summed E-state index contributed by atoms with van der Waals surface area (Å²) in [5, 5.41) is 0. The van der Waals surface area contributed by atoms with Crippen molar-refractivity contribution in [1.29, 1.82) is 0 Å². The van der Waals surface area contributed by atoms with Gasteiger partial charge in [0.1, 0.15) is 22.2 Å². The fourth-order valence-electron chi connectivity index (χ4n) is 1.49. The molecule has 0 spiro atoms. The van der Waals surface area contributed by atoms with Crippen molar-refractivity contribution in [2.24, 2.45) is 0 Å². The Morgan fingerprint density at radius 3 is 2.38 bits per heavy atom. The molecule has 0 radical (unpaired) electrons. The average molecular weight is 320 g/mol. The number of thioether (sulfide) groups is 1. The number of alkyl halides is 3. The molecule has 0 aliphatic rings. The molecule has 0 bridgehead atoms. The molecule has 2 rings (SSSR count). The molecule has 0 saturated carbocycles. The monoisotopic (exact) mass is 320 g/mol. The van der Waals surface area contributed by atoms with E-state index in [9.17, 15) is 22.4 Å². The van der Waals surface area contributed by atoms with E-state index in [1.807, 2.05) is 0 Å². The van der Waals surface area contributed by atoms with Crippen molar-refractivity contribution < 1.29 is 26.7 Å². The normalized spacial score (nSPS) is 11.5. The number of rotatable bonds is 3. The van der Waals surface area contributed by atoms with E-state index < -0.39 is 33.6 Å². The maximum absolute atomic E-state index is 12.8. The van der Waals surface area contributed by atoms with E-state index in [2.05, 4.69) is 4.42 Å². The van der Waals surface area contributed by atoms with Gasteiger partial charge < -0.3 is 9.15 Å². The van der Waals surface area contributed by atoms with E-state index in [0.717, 1.165) is 12.1 Å². The summed E-state index contributed by atoms with van der Waals surface area (Å²) < 4.78 is 60.1. The number of hydrogen-bond acceptors (Lipinski definition) is 4. The van der Waals surface area contributed by atoms with Crippen LogP contribution in [0.25, 0.3) is 0 Å². The van der Waals surface area contributed by atoms with Crippen LogP contribution in [0, 0.1) is 12.7 Å². The lowest BCUT2D eigenvalue weighted by molar-refractivity contribution is -0.0330. The van der Waals surface area contributed by atoms with E-state index in [1.165, 1.54) is 25.1 Å². The van der Waals surface area contributed by atoms with Gasteiger partial charge in [-0.25, -0.2) is 9.18 Å². The molecular formula is C13H8F4O3S. The van der Waals surface area contributed by atoms with Gasteiger partial charge in [0, 0.05) is 6.07 Å². The van der Waals surface area contributed by atoms with Crippen LogP contribution in [0.1, 0.15) is 5.76 Å². The molecule has 0 amide bonds. The zero-order valence-electron chi connectivity index (χ0n) is 10.5. The maximum Gasteiger partial charge on any atom is 0.446 e. The summed E-state index contributed by atoms with van der Waals surface area (Å²) in [5.41, 5.74) is -5.81. The summed E-state index contributed by atoms with van der Waals surface area (Å²) in [5.74, 6) is -0.609. The van der Waals surface area contributed by atoms with Crippen molar-refractivity contribution in [3.05, 3.63) is 52.3 Å². The van der Waals surface area contributed by atoms with Gasteiger partial charge in [-0.05, 0) is 43.0 Å². The maximum atomic E-state index is 12.8. The van der Waals surface area contributed by atoms with Gasteiger partial charge in [0.2, 0.25) is 0 Å². The van der Waals surface area contributed by atoms with Crippen LogP contribution in [-0.2, 0) is 0 Å². The van der Waals surface area contributed by atoms with Crippen molar-refractivity contribution in [1.82, 2.24) is 0 Å². The fraction of sp³-hybridized carbons (Fsp3) is 0.154. The minimum Gasteiger partial charge on any atom is -0.456 e. The Balaban J connectivity index is 2.41. The van der Waals surface area contributed by atoms with E-state index >= 15 is 0 Å². The summed E-state index contributed by atoms with van der Waals surface area (Å²) >= 11 is -0.620. The molecule has 0 saturated heterocycles. The summed E-state index contributed by atoms with van der Waals surface area (Å²) in [6.07, 6.45) is 0. The van der Waals surface area contributed by atoms with Gasteiger partial charge in [-0.15, -0.1) is 0 Å². The molecule has 0 aliphatic carbocycles. The summed E-state index contributed by atoms with van der Waals surface area (Å²) in [4.78, 5) is 10.8. The fourth-order valence-corrected chi connectivity index (χ4v) is 2.04. The van der Waals surface area contributed by atoms with Crippen molar-refractivity contribution in [3.8, 4) is 11.5 Å². The highest BCUT2D eigenvalue weighted by atomic mass is 32.2. The van der Waals surface area contributed by atoms with Gasteiger partial charge in [0.15, 0.2) is 5.75 Å². The molecule has 2 aromatic rings. The average Bonchev–Trinajstić information content (AvgIpc) is 2.35. The molecule has 0 atom stereocenters. The molecule has 21 heavy (non-hydrogen) atoms. The smallest absolute Gasteiger partial charge is 0.446 e. The Kier molecular flexibility index (Phi) is 4.26. The summed E-state index contributed by atoms with van der Waals surface area (Å²) in [6, 6.07) is 5.82. The predicted molar refractivity (Wildman–Crippen MR) is 68.1 cm³/mol. The third-order valence-corrected chi connectivity index (χ3v) is 3.06. The zero-order chi connectivity index (χ0) is 15.6. The Morgan fingerprint density at radius 1 is 1.19 bits per heavy atom. The largest absolute Gasteiger partial charge is 0.456 e. The first-order valence-electron chi connectivity index (χ1n) is 5.58. The molecule has 112 valence electrons. The Morgan fingerprint density at radius 2 is 1.81 bits per heavy atom. The lowest BCUT2D eigenvalue weighted by Crippen LogP contribution is -2.10. The molecule has 3 nitrogen and oxygen atoms in total. The van der Waals surface area contributed by atoms with E-state index in [0.29, 0.717) is 0 Å². The standard InChI is InChI=1S/C13H8F4O3S/c1-7-6-10(20-9-4-2-8(14)3-5-9)11(12(18)19-7)21-13(15,16)17/h2-6H,1H3. The molecule has 1 heterocycles.